The second-order valence-corrected chi connectivity index (χ2v) is 7.39. The lowest BCUT2D eigenvalue weighted by Crippen LogP contribution is -2.28. The van der Waals surface area contributed by atoms with Crippen molar-refractivity contribution in [3.63, 3.8) is 0 Å². The predicted octanol–water partition coefficient (Wildman–Crippen LogP) is 3.11. The van der Waals surface area contributed by atoms with Crippen molar-refractivity contribution in [1.82, 2.24) is 0 Å². The van der Waals surface area contributed by atoms with Crippen LogP contribution in [0.1, 0.15) is 12.0 Å². The van der Waals surface area contributed by atoms with Crippen molar-refractivity contribution in [2.45, 2.75) is 13.3 Å². The molecule has 0 radical (unpaired) electrons. The molecule has 0 aliphatic carbocycles. The van der Waals surface area contributed by atoms with Gasteiger partial charge in [0.2, 0.25) is 11.8 Å². The van der Waals surface area contributed by atoms with Crippen LogP contribution in [0.2, 0.25) is 0 Å². The first kappa shape index (κ1) is 20.5. The molecule has 1 fully saturated rings. The van der Waals surface area contributed by atoms with Gasteiger partial charge in [-0.25, -0.2) is 4.79 Å². The zero-order chi connectivity index (χ0) is 22.1. The van der Waals surface area contributed by atoms with Crippen LogP contribution in [0.15, 0.2) is 51.7 Å². The van der Waals surface area contributed by atoms with Gasteiger partial charge in [0.15, 0.2) is 0 Å². The Balaban J connectivity index is 1.54. The minimum absolute atomic E-state index is 0.0774. The first-order valence-corrected chi connectivity index (χ1v) is 9.77. The van der Waals surface area contributed by atoms with E-state index in [4.69, 9.17) is 13.9 Å². The number of rotatable bonds is 5. The van der Waals surface area contributed by atoms with Crippen molar-refractivity contribution in [2.75, 3.05) is 31.0 Å². The lowest BCUT2D eigenvalue weighted by molar-refractivity contribution is -0.122. The summed E-state index contributed by atoms with van der Waals surface area (Å²) < 4.78 is 15.9. The Bertz CT molecular complexity index is 1230. The normalized spacial score (nSPS) is 15.9. The Morgan fingerprint density at radius 1 is 1.10 bits per heavy atom. The summed E-state index contributed by atoms with van der Waals surface area (Å²) in [5.74, 6) is 0.113. The van der Waals surface area contributed by atoms with Crippen molar-refractivity contribution >= 4 is 34.2 Å². The number of nitrogens with one attached hydrogen (secondary N) is 1. The van der Waals surface area contributed by atoms with Gasteiger partial charge in [0.1, 0.15) is 17.1 Å². The minimum Gasteiger partial charge on any atom is -0.497 e. The van der Waals surface area contributed by atoms with E-state index in [-0.39, 0.29) is 24.8 Å². The van der Waals surface area contributed by atoms with E-state index in [0.717, 1.165) is 10.9 Å². The number of hydrogen-bond donors (Lipinski definition) is 1. The fourth-order valence-electron chi connectivity index (χ4n) is 3.77. The third kappa shape index (κ3) is 3.96. The van der Waals surface area contributed by atoms with Gasteiger partial charge < -0.3 is 24.1 Å². The van der Waals surface area contributed by atoms with Crippen LogP contribution in [0.3, 0.4) is 0 Å². The number of amides is 2. The number of carbonyl (C=O) groups is 2. The third-order valence-electron chi connectivity index (χ3n) is 5.39. The number of anilines is 2. The number of fused-ring (bicyclic) bond motifs is 1. The lowest BCUT2D eigenvalue weighted by Gasteiger charge is -2.20. The van der Waals surface area contributed by atoms with Gasteiger partial charge in [-0.2, -0.15) is 0 Å². The molecule has 2 heterocycles. The van der Waals surface area contributed by atoms with Gasteiger partial charge in [-0.15, -0.1) is 0 Å². The van der Waals surface area contributed by atoms with E-state index in [9.17, 15) is 14.4 Å². The topological polar surface area (TPSA) is 98.1 Å². The number of nitrogens with zero attached hydrogens (tertiary/aromatic N) is 1. The summed E-state index contributed by atoms with van der Waals surface area (Å²) in [6, 6.07) is 11.7. The molecule has 3 aromatic rings. The van der Waals surface area contributed by atoms with Crippen molar-refractivity contribution in [3.8, 4) is 11.5 Å². The Labute approximate surface area is 178 Å². The molecule has 1 saturated heterocycles. The first-order valence-electron chi connectivity index (χ1n) is 9.77. The molecule has 8 heteroatoms. The largest absolute Gasteiger partial charge is 0.497 e. The lowest BCUT2D eigenvalue weighted by atomic mass is 10.1. The molecule has 1 aliphatic rings. The van der Waals surface area contributed by atoms with Crippen molar-refractivity contribution in [1.29, 1.82) is 0 Å². The molecule has 1 N–H and O–H groups in total. The number of methoxy groups -OCH3 is 2. The van der Waals surface area contributed by atoms with Crippen LogP contribution in [0.5, 0.6) is 11.5 Å². The maximum Gasteiger partial charge on any atom is 0.336 e. The number of aryl methyl sites for hydroxylation is 1. The molecule has 0 spiro atoms. The van der Waals surface area contributed by atoms with Crippen molar-refractivity contribution in [2.24, 2.45) is 5.92 Å². The van der Waals surface area contributed by atoms with E-state index in [1.165, 1.54) is 18.1 Å². The second-order valence-electron chi connectivity index (χ2n) is 7.39. The molecule has 0 saturated carbocycles. The summed E-state index contributed by atoms with van der Waals surface area (Å²) in [7, 11) is 3.07. The molecule has 2 aromatic carbocycles. The summed E-state index contributed by atoms with van der Waals surface area (Å²) in [5.41, 5.74) is 1.81. The number of benzene rings is 2. The van der Waals surface area contributed by atoms with Gasteiger partial charge in [0.25, 0.3) is 0 Å². The molecule has 1 aliphatic heterocycles. The fraction of sp³-hybridized carbons (Fsp3) is 0.261. The Hall–Kier alpha value is -3.81. The highest BCUT2D eigenvalue weighted by molar-refractivity contribution is 6.04. The standard InChI is InChI=1S/C23H22N2O6/c1-13-8-22(27)31-20-10-15(4-6-17(13)20)24-23(28)14-9-21(26)25(12-14)18-11-16(29-2)5-7-19(18)30-3/h4-8,10-11,14H,9,12H2,1-3H3,(H,24,28). The average Bonchev–Trinajstić information content (AvgIpc) is 3.14. The number of carbonyl (C=O) groups excluding carboxylic acids is 2. The van der Waals surface area contributed by atoms with Gasteiger partial charge in [-0.3, -0.25) is 9.59 Å². The van der Waals surface area contributed by atoms with E-state index in [2.05, 4.69) is 5.32 Å². The highest BCUT2D eigenvalue weighted by atomic mass is 16.5. The molecular weight excluding hydrogens is 400 g/mol. The van der Waals surface area contributed by atoms with Crippen LogP contribution in [0, 0.1) is 12.8 Å². The molecule has 2 amide bonds. The Morgan fingerprint density at radius 3 is 2.65 bits per heavy atom. The van der Waals surface area contributed by atoms with Crippen LogP contribution < -0.4 is 25.3 Å². The summed E-state index contributed by atoms with van der Waals surface area (Å²) in [6.45, 7) is 2.04. The van der Waals surface area contributed by atoms with Gasteiger partial charge in [-0.1, -0.05) is 0 Å². The highest BCUT2D eigenvalue weighted by Gasteiger charge is 2.36. The third-order valence-corrected chi connectivity index (χ3v) is 5.39. The molecule has 160 valence electrons. The molecular formula is C23H22N2O6. The van der Waals surface area contributed by atoms with Crippen molar-refractivity contribution in [3.05, 3.63) is 58.4 Å². The van der Waals surface area contributed by atoms with E-state index >= 15 is 0 Å². The molecule has 8 nitrogen and oxygen atoms in total. The highest BCUT2D eigenvalue weighted by Crippen LogP contribution is 2.36. The zero-order valence-electron chi connectivity index (χ0n) is 17.4. The fourth-order valence-corrected chi connectivity index (χ4v) is 3.77. The Kier molecular flexibility index (Phi) is 5.37. The van der Waals surface area contributed by atoms with E-state index in [1.54, 1.807) is 43.5 Å². The predicted molar refractivity (Wildman–Crippen MR) is 116 cm³/mol. The second kappa shape index (κ2) is 8.14. The summed E-state index contributed by atoms with van der Waals surface area (Å²) >= 11 is 0. The van der Waals surface area contributed by atoms with E-state index in [0.29, 0.717) is 28.5 Å². The number of hydrogen-bond acceptors (Lipinski definition) is 6. The summed E-state index contributed by atoms with van der Waals surface area (Å²) in [6.07, 6.45) is 0.0774. The van der Waals surface area contributed by atoms with Gasteiger partial charge in [-0.05, 0) is 36.8 Å². The zero-order valence-corrected chi connectivity index (χ0v) is 17.4. The SMILES string of the molecule is COc1ccc(OC)c(N2CC(C(=O)Nc3ccc4c(C)cc(=O)oc4c3)CC2=O)c1. The summed E-state index contributed by atoms with van der Waals surface area (Å²) in [4.78, 5) is 38.7. The molecule has 1 aromatic heterocycles. The molecule has 0 bridgehead atoms. The monoisotopic (exact) mass is 422 g/mol. The van der Waals surface area contributed by atoms with E-state index in [1.807, 2.05) is 6.92 Å². The van der Waals surface area contributed by atoms with Crippen LogP contribution in [-0.4, -0.2) is 32.6 Å². The van der Waals surface area contributed by atoms with Crippen LogP contribution in [-0.2, 0) is 9.59 Å². The maximum absolute atomic E-state index is 12.8. The van der Waals surface area contributed by atoms with Crippen molar-refractivity contribution < 1.29 is 23.5 Å². The van der Waals surface area contributed by atoms with Gasteiger partial charge in [0, 0.05) is 42.2 Å². The first-order chi connectivity index (χ1) is 14.9. The number of ether oxygens (including phenoxy) is 2. The molecule has 4 rings (SSSR count). The van der Waals surface area contributed by atoms with E-state index < -0.39 is 11.5 Å². The van der Waals surface area contributed by atoms with Gasteiger partial charge >= 0.3 is 5.63 Å². The maximum atomic E-state index is 12.8. The molecule has 1 atom stereocenters. The average molecular weight is 422 g/mol. The summed E-state index contributed by atoms with van der Waals surface area (Å²) in [5, 5.41) is 3.62. The van der Waals surface area contributed by atoms with Crippen LogP contribution in [0.25, 0.3) is 11.0 Å². The molecule has 1 unspecified atom stereocenters. The molecule has 31 heavy (non-hydrogen) atoms. The Morgan fingerprint density at radius 2 is 1.90 bits per heavy atom. The van der Waals surface area contributed by atoms with Crippen LogP contribution >= 0.6 is 0 Å². The quantitative estimate of drug-likeness (QED) is 0.635. The van der Waals surface area contributed by atoms with Gasteiger partial charge in [0.05, 0.1) is 25.8 Å². The smallest absolute Gasteiger partial charge is 0.336 e. The van der Waals surface area contributed by atoms with Crippen LogP contribution in [0.4, 0.5) is 11.4 Å². The minimum atomic E-state index is -0.538.